The molecule has 0 saturated carbocycles. The van der Waals surface area contributed by atoms with Crippen molar-refractivity contribution in [1.82, 2.24) is 5.16 Å². The molecule has 3 rings (SSSR count). The minimum Gasteiger partial charge on any atom is -0.360 e. The number of nitrogens with one attached hydrogen (secondary N) is 2. The first kappa shape index (κ1) is 20.5. The number of carbonyl (C=O) groups excluding carboxylic acids is 2. The standard InChI is InChI=1S/C21H19ClFN3O3/c1-11(2)20(27)24-13-7-9-14(10-8-13)25-21(28)17-12(3)29-26-19(17)18-15(22)5-4-6-16(18)23/h4-11H,1-3H3,(H,24,27)(H,25,28). The maximum Gasteiger partial charge on any atom is 0.261 e. The first-order valence-corrected chi connectivity index (χ1v) is 9.28. The number of carbonyl (C=O) groups is 2. The van der Waals surface area contributed by atoms with Gasteiger partial charge in [-0.1, -0.05) is 36.7 Å². The van der Waals surface area contributed by atoms with Crippen LogP contribution in [-0.2, 0) is 4.79 Å². The minimum absolute atomic E-state index is 0.00270. The fourth-order valence-electron chi connectivity index (χ4n) is 2.65. The maximum absolute atomic E-state index is 14.3. The van der Waals surface area contributed by atoms with Gasteiger partial charge in [-0.25, -0.2) is 4.39 Å². The molecule has 0 spiro atoms. The highest BCUT2D eigenvalue weighted by molar-refractivity contribution is 6.33. The minimum atomic E-state index is -0.606. The number of rotatable bonds is 5. The van der Waals surface area contributed by atoms with Gasteiger partial charge in [0.2, 0.25) is 5.91 Å². The topological polar surface area (TPSA) is 84.2 Å². The first-order chi connectivity index (χ1) is 13.8. The van der Waals surface area contributed by atoms with Crippen molar-refractivity contribution in [2.75, 3.05) is 10.6 Å². The summed E-state index contributed by atoms with van der Waals surface area (Å²) in [6.45, 7) is 5.15. The third-order valence-electron chi connectivity index (χ3n) is 4.22. The number of benzene rings is 2. The lowest BCUT2D eigenvalue weighted by molar-refractivity contribution is -0.118. The molecule has 8 heteroatoms. The summed E-state index contributed by atoms with van der Waals surface area (Å²) in [4.78, 5) is 24.6. The predicted molar refractivity (Wildman–Crippen MR) is 110 cm³/mol. The van der Waals surface area contributed by atoms with Gasteiger partial charge in [-0.15, -0.1) is 0 Å². The zero-order chi connectivity index (χ0) is 21.1. The molecule has 0 aliphatic rings. The van der Waals surface area contributed by atoms with Crippen molar-refractivity contribution in [2.24, 2.45) is 5.92 Å². The molecule has 0 unspecified atom stereocenters. The molecule has 3 aromatic rings. The van der Waals surface area contributed by atoms with Gasteiger partial charge in [-0.3, -0.25) is 9.59 Å². The fourth-order valence-corrected chi connectivity index (χ4v) is 2.90. The second-order valence-electron chi connectivity index (χ2n) is 6.73. The Bertz CT molecular complexity index is 1040. The van der Waals surface area contributed by atoms with Crippen molar-refractivity contribution in [2.45, 2.75) is 20.8 Å². The Labute approximate surface area is 172 Å². The van der Waals surface area contributed by atoms with E-state index in [-0.39, 0.29) is 39.4 Å². The van der Waals surface area contributed by atoms with Crippen molar-refractivity contribution in [3.63, 3.8) is 0 Å². The van der Waals surface area contributed by atoms with Gasteiger partial charge in [0.1, 0.15) is 22.8 Å². The average molecular weight is 416 g/mol. The normalized spacial score (nSPS) is 10.8. The van der Waals surface area contributed by atoms with Crippen LogP contribution in [-0.4, -0.2) is 17.0 Å². The number of halogens is 2. The van der Waals surface area contributed by atoms with Crippen molar-refractivity contribution >= 4 is 34.8 Å². The highest BCUT2D eigenvalue weighted by atomic mass is 35.5. The summed E-state index contributed by atoms with van der Waals surface area (Å²) < 4.78 is 19.4. The van der Waals surface area contributed by atoms with Crippen LogP contribution in [0.4, 0.5) is 15.8 Å². The molecule has 0 aliphatic heterocycles. The second-order valence-corrected chi connectivity index (χ2v) is 7.14. The van der Waals surface area contributed by atoms with Gasteiger partial charge in [-0.2, -0.15) is 0 Å². The molecule has 0 aliphatic carbocycles. The van der Waals surface area contributed by atoms with Crippen molar-refractivity contribution < 1.29 is 18.5 Å². The predicted octanol–water partition coefficient (Wildman–Crippen LogP) is 5.29. The fraction of sp³-hybridized carbons (Fsp3) is 0.190. The van der Waals surface area contributed by atoms with Crippen LogP contribution in [0.15, 0.2) is 47.0 Å². The van der Waals surface area contributed by atoms with Crippen molar-refractivity contribution in [1.29, 1.82) is 0 Å². The van der Waals surface area contributed by atoms with Crippen LogP contribution < -0.4 is 10.6 Å². The van der Waals surface area contributed by atoms with Crippen molar-refractivity contribution in [3.8, 4) is 11.3 Å². The van der Waals surface area contributed by atoms with Crippen LogP contribution in [0.5, 0.6) is 0 Å². The van der Waals surface area contributed by atoms with Crippen LogP contribution in [0.25, 0.3) is 11.3 Å². The second kappa shape index (κ2) is 8.45. The zero-order valence-electron chi connectivity index (χ0n) is 16.0. The molecule has 6 nitrogen and oxygen atoms in total. The molecule has 150 valence electrons. The number of anilines is 2. The monoisotopic (exact) mass is 415 g/mol. The van der Waals surface area contributed by atoms with Gasteiger partial charge in [-0.05, 0) is 43.3 Å². The van der Waals surface area contributed by atoms with Gasteiger partial charge >= 0.3 is 0 Å². The maximum atomic E-state index is 14.3. The Kier molecular flexibility index (Phi) is 5.98. The smallest absolute Gasteiger partial charge is 0.261 e. The summed E-state index contributed by atoms with van der Waals surface area (Å²) in [5.41, 5.74) is 1.23. The molecule has 1 heterocycles. The number of aryl methyl sites for hydroxylation is 1. The molecule has 0 bridgehead atoms. The number of aromatic nitrogens is 1. The molecule has 0 radical (unpaired) electrons. The summed E-state index contributed by atoms with van der Waals surface area (Å²) in [5, 5.41) is 9.44. The summed E-state index contributed by atoms with van der Waals surface area (Å²) in [7, 11) is 0. The highest BCUT2D eigenvalue weighted by Crippen LogP contribution is 2.33. The highest BCUT2D eigenvalue weighted by Gasteiger charge is 2.25. The molecule has 2 N–H and O–H groups in total. The van der Waals surface area contributed by atoms with Gasteiger partial charge in [0.15, 0.2) is 0 Å². The van der Waals surface area contributed by atoms with E-state index in [9.17, 15) is 14.0 Å². The number of hydrogen-bond acceptors (Lipinski definition) is 4. The SMILES string of the molecule is Cc1onc(-c2c(F)cccc2Cl)c1C(=O)Nc1ccc(NC(=O)C(C)C)cc1. The molecule has 0 atom stereocenters. The Hall–Kier alpha value is -3.19. The van der Waals surface area contributed by atoms with E-state index in [4.69, 9.17) is 16.1 Å². The zero-order valence-corrected chi connectivity index (χ0v) is 16.8. The average Bonchev–Trinajstić information content (AvgIpc) is 3.04. The first-order valence-electron chi connectivity index (χ1n) is 8.91. The van der Waals surface area contributed by atoms with Gasteiger partial charge in [0.05, 0.1) is 10.6 Å². The molecule has 2 aromatic carbocycles. The quantitative estimate of drug-likeness (QED) is 0.593. The third kappa shape index (κ3) is 4.46. The summed E-state index contributed by atoms with van der Waals surface area (Å²) in [6.07, 6.45) is 0. The molecular formula is C21H19ClFN3O3. The molecular weight excluding hydrogens is 397 g/mol. The number of hydrogen-bond donors (Lipinski definition) is 2. The number of nitrogens with zero attached hydrogens (tertiary/aromatic N) is 1. The molecule has 29 heavy (non-hydrogen) atoms. The Morgan fingerprint density at radius 2 is 1.69 bits per heavy atom. The van der Waals surface area contributed by atoms with Gasteiger partial charge in [0, 0.05) is 17.3 Å². The van der Waals surface area contributed by atoms with Crippen LogP contribution in [0.1, 0.15) is 30.0 Å². The van der Waals surface area contributed by atoms with E-state index in [1.165, 1.54) is 18.2 Å². The lowest BCUT2D eigenvalue weighted by Gasteiger charge is -2.10. The van der Waals surface area contributed by atoms with E-state index in [0.29, 0.717) is 11.4 Å². The Morgan fingerprint density at radius 3 is 2.28 bits per heavy atom. The largest absolute Gasteiger partial charge is 0.360 e. The van der Waals surface area contributed by atoms with Crippen LogP contribution in [0.2, 0.25) is 5.02 Å². The third-order valence-corrected chi connectivity index (χ3v) is 4.54. The molecule has 1 aromatic heterocycles. The van der Waals surface area contributed by atoms with Crippen LogP contribution in [0.3, 0.4) is 0 Å². The lowest BCUT2D eigenvalue weighted by Crippen LogP contribution is -2.17. The van der Waals surface area contributed by atoms with E-state index < -0.39 is 11.7 Å². The van der Waals surface area contributed by atoms with E-state index in [0.717, 1.165) is 0 Å². The summed E-state index contributed by atoms with van der Waals surface area (Å²) >= 11 is 6.10. The Morgan fingerprint density at radius 1 is 1.07 bits per heavy atom. The molecule has 2 amide bonds. The summed E-state index contributed by atoms with van der Waals surface area (Å²) in [6, 6.07) is 10.8. The Balaban J connectivity index is 1.84. The van der Waals surface area contributed by atoms with E-state index >= 15 is 0 Å². The van der Waals surface area contributed by atoms with Gasteiger partial charge < -0.3 is 15.2 Å². The van der Waals surface area contributed by atoms with E-state index in [2.05, 4.69) is 15.8 Å². The van der Waals surface area contributed by atoms with Gasteiger partial charge in [0.25, 0.3) is 5.91 Å². The van der Waals surface area contributed by atoms with E-state index in [1.54, 1.807) is 45.0 Å². The van der Waals surface area contributed by atoms with Crippen LogP contribution >= 0.6 is 11.6 Å². The molecule has 0 fully saturated rings. The van der Waals surface area contributed by atoms with Crippen molar-refractivity contribution in [3.05, 3.63) is 64.6 Å². The van der Waals surface area contributed by atoms with Crippen LogP contribution in [0, 0.1) is 18.7 Å². The molecule has 0 saturated heterocycles. The van der Waals surface area contributed by atoms with E-state index in [1.807, 2.05) is 0 Å². The number of amides is 2. The lowest BCUT2D eigenvalue weighted by atomic mass is 10.0. The summed E-state index contributed by atoms with van der Waals surface area (Å²) in [5.74, 6) is -1.14.